The average molecular weight is 475 g/mol. The third-order valence-electron chi connectivity index (χ3n) is 9.28. The monoisotopic (exact) mass is 474 g/mol. The first-order valence-electron chi connectivity index (χ1n) is 12.7. The second-order valence-electron chi connectivity index (χ2n) is 11.3. The van der Waals surface area contributed by atoms with Gasteiger partial charge in [-0.25, -0.2) is 0 Å². The highest BCUT2D eigenvalue weighted by molar-refractivity contribution is 5.90. The van der Waals surface area contributed by atoms with Crippen LogP contribution in [-0.4, -0.2) is 59.6 Å². The van der Waals surface area contributed by atoms with Crippen molar-refractivity contribution in [3.05, 3.63) is 29.8 Å². The Morgan fingerprint density at radius 2 is 1.77 bits per heavy atom. The predicted octanol–water partition coefficient (Wildman–Crippen LogP) is 2.99. The fourth-order valence-electron chi connectivity index (χ4n) is 7.49. The van der Waals surface area contributed by atoms with Gasteiger partial charge in [0, 0.05) is 31.9 Å². The first-order chi connectivity index (χ1) is 16.8. The fraction of sp³-hybridized carbons (Fsp3) is 0.630. The Kier molecular flexibility index (Phi) is 5.97. The van der Waals surface area contributed by atoms with Crippen LogP contribution in [0.15, 0.2) is 29.3 Å². The van der Waals surface area contributed by atoms with Crippen molar-refractivity contribution in [2.24, 2.45) is 33.9 Å². The first-order valence-corrected chi connectivity index (χ1v) is 12.7. The predicted molar refractivity (Wildman–Crippen MR) is 133 cm³/mol. The van der Waals surface area contributed by atoms with E-state index < -0.39 is 16.9 Å². The van der Waals surface area contributed by atoms with Crippen LogP contribution in [0.3, 0.4) is 0 Å². The van der Waals surface area contributed by atoms with Crippen molar-refractivity contribution < 1.29 is 9.90 Å². The van der Waals surface area contributed by atoms with Crippen LogP contribution in [-0.2, 0) is 4.79 Å². The summed E-state index contributed by atoms with van der Waals surface area (Å²) in [6, 6.07) is 12.2. The standard InChI is InChI=1S/C27H34N6O2/c1-26(6-7-28,33-10-8-32(9-11-33)22-4-2-18(17-29)3-5-22)24(30)31-23-20-12-19-13-21(23)16-27(14-19,15-20)25(34)35/h2-5,19-21,23H,6,8-16H2,1H3,(H2,30,31)(H,34,35). The van der Waals surface area contributed by atoms with Crippen LogP contribution in [0, 0.1) is 45.8 Å². The second kappa shape index (κ2) is 8.84. The van der Waals surface area contributed by atoms with E-state index in [1.807, 2.05) is 31.2 Å². The molecule has 8 nitrogen and oxygen atoms in total. The van der Waals surface area contributed by atoms with Crippen molar-refractivity contribution in [2.75, 3.05) is 31.1 Å². The van der Waals surface area contributed by atoms with Gasteiger partial charge in [0.15, 0.2) is 0 Å². The minimum Gasteiger partial charge on any atom is -0.481 e. The summed E-state index contributed by atoms with van der Waals surface area (Å²) in [7, 11) is 0. The number of aliphatic imine (C=N–C) groups is 1. The van der Waals surface area contributed by atoms with Crippen molar-refractivity contribution in [3.63, 3.8) is 0 Å². The van der Waals surface area contributed by atoms with Crippen LogP contribution in [0.5, 0.6) is 0 Å². The SMILES string of the molecule is CC(CC#N)(C(N)=NC1C2CC3CC1CC(C(=O)O)(C3)C2)N1CCN(c2ccc(C#N)cc2)CC1. The third-order valence-corrected chi connectivity index (χ3v) is 9.28. The van der Waals surface area contributed by atoms with E-state index in [0.717, 1.165) is 51.1 Å². The molecule has 5 fully saturated rings. The van der Waals surface area contributed by atoms with Gasteiger partial charge in [-0.1, -0.05) is 0 Å². The number of aliphatic carboxylic acids is 1. The van der Waals surface area contributed by atoms with Crippen LogP contribution in [0.4, 0.5) is 5.69 Å². The molecule has 1 heterocycles. The number of nitrogens with zero attached hydrogens (tertiary/aromatic N) is 5. The molecule has 184 valence electrons. The highest BCUT2D eigenvalue weighted by atomic mass is 16.4. The lowest BCUT2D eigenvalue weighted by atomic mass is 9.48. The molecule has 5 aliphatic rings. The zero-order valence-electron chi connectivity index (χ0n) is 20.4. The summed E-state index contributed by atoms with van der Waals surface area (Å²) in [6.07, 6.45) is 4.58. The van der Waals surface area contributed by atoms with Crippen molar-refractivity contribution in [1.29, 1.82) is 10.5 Å². The zero-order chi connectivity index (χ0) is 24.8. The Hall–Kier alpha value is -3.10. The molecule has 1 saturated heterocycles. The molecule has 0 aromatic heterocycles. The summed E-state index contributed by atoms with van der Waals surface area (Å²) in [5, 5.41) is 28.6. The second-order valence-corrected chi connectivity index (χ2v) is 11.3. The lowest BCUT2D eigenvalue weighted by molar-refractivity contribution is -0.166. The third kappa shape index (κ3) is 4.04. The number of piperazine rings is 1. The van der Waals surface area contributed by atoms with E-state index in [1.165, 1.54) is 0 Å². The van der Waals surface area contributed by atoms with Gasteiger partial charge in [0.25, 0.3) is 0 Å². The molecule has 3 unspecified atom stereocenters. The molecule has 0 spiro atoms. The Labute approximate surface area is 207 Å². The molecule has 4 aliphatic carbocycles. The number of benzene rings is 1. The number of hydrogen-bond donors (Lipinski definition) is 2. The fourth-order valence-corrected chi connectivity index (χ4v) is 7.49. The van der Waals surface area contributed by atoms with Gasteiger partial charge in [0.05, 0.1) is 41.1 Å². The molecule has 1 aromatic rings. The van der Waals surface area contributed by atoms with Gasteiger partial charge < -0.3 is 15.7 Å². The van der Waals surface area contributed by atoms with E-state index in [4.69, 9.17) is 16.0 Å². The topological polar surface area (TPSA) is 130 Å². The lowest BCUT2D eigenvalue weighted by Crippen LogP contribution is -2.62. The molecule has 3 atom stereocenters. The normalized spacial score (nSPS) is 34.1. The largest absolute Gasteiger partial charge is 0.481 e. The molecule has 0 amide bonds. The highest BCUT2D eigenvalue weighted by Crippen LogP contribution is 2.61. The minimum atomic E-state index is -0.648. The van der Waals surface area contributed by atoms with Crippen molar-refractivity contribution >= 4 is 17.5 Å². The maximum absolute atomic E-state index is 12.1. The van der Waals surface area contributed by atoms with Gasteiger partial charge >= 0.3 is 5.97 Å². The number of hydrogen-bond acceptors (Lipinski definition) is 6. The van der Waals surface area contributed by atoms with Gasteiger partial charge in [0.1, 0.15) is 5.84 Å². The molecular weight excluding hydrogens is 440 g/mol. The van der Waals surface area contributed by atoms with E-state index >= 15 is 0 Å². The highest BCUT2D eigenvalue weighted by Gasteiger charge is 2.59. The van der Waals surface area contributed by atoms with E-state index in [2.05, 4.69) is 21.9 Å². The van der Waals surface area contributed by atoms with E-state index in [1.54, 1.807) is 0 Å². The lowest BCUT2D eigenvalue weighted by Gasteiger charge is -2.57. The number of amidine groups is 1. The minimum absolute atomic E-state index is 0.0666. The van der Waals surface area contributed by atoms with Crippen molar-refractivity contribution in [2.45, 2.75) is 57.0 Å². The maximum Gasteiger partial charge on any atom is 0.309 e. The smallest absolute Gasteiger partial charge is 0.309 e. The maximum atomic E-state index is 12.1. The summed E-state index contributed by atoms with van der Waals surface area (Å²) >= 11 is 0. The number of rotatable bonds is 6. The number of carboxylic acids is 1. The Morgan fingerprint density at radius 1 is 1.14 bits per heavy atom. The van der Waals surface area contributed by atoms with Gasteiger partial charge in [-0.3, -0.25) is 14.7 Å². The zero-order valence-corrected chi connectivity index (χ0v) is 20.4. The van der Waals surface area contributed by atoms with Crippen LogP contribution in [0.1, 0.15) is 51.0 Å². The summed E-state index contributed by atoms with van der Waals surface area (Å²) < 4.78 is 0. The molecule has 6 rings (SSSR count). The molecule has 4 bridgehead atoms. The average Bonchev–Trinajstić information content (AvgIpc) is 2.86. The number of nitrogens with two attached hydrogens (primary N) is 1. The molecule has 3 N–H and O–H groups in total. The van der Waals surface area contributed by atoms with Gasteiger partial charge in [0.2, 0.25) is 0 Å². The molecule has 0 radical (unpaired) electrons. The van der Waals surface area contributed by atoms with Gasteiger partial charge in [-0.2, -0.15) is 10.5 Å². The summed E-state index contributed by atoms with van der Waals surface area (Å²) in [4.78, 5) is 21.7. The number of nitriles is 2. The Morgan fingerprint density at radius 3 is 2.31 bits per heavy atom. The molecule has 1 aromatic carbocycles. The van der Waals surface area contributed by atoms with Gasteiger partial charge in [-0.15, -0.1) is 0 Å². The Balaban J connectivity index is 1.31. The molecule has 4 saturated carbocycles. The summed E-state index contributed by atoms with van der Waals surface area (Å²) in [6.45, 7) is 5.16. The van der Waals surface area contributed by atoms with Crippen molar-refractivity contribution in [3.8, 4) is 12.1 Å². The van der Waals surface area contributed by atoms with Crippen LogP contribution < -0.4 is 10.6 Å². The van der Waals surface area contributed by atoms with Crippen LogP contribution in [0.2, 0.25) is 0 Å². The first kappa shape index (κ1) is 23.6. The molecule has 1 aliphatic heterocycles. The number of anilines is 1. The van der Waals surface area contributed by atoms with E-state index in [0.29, 0.717) is 30.2 Å². The van der Waals surface area contributed by atoms with E-state index in [-0.39, 0.29) is 24.3 Å². The molecule has 35 heavy (non-hydrogen) atoms. The van der Waals surface area contributed by atoms with E-state index in [9.17, 15) is 15.2 Å². The number of carbonyl (C=O) groups is 1. The van der Waals surface area contributed by atoms with Crippen LogP contribution in [0.25, 0.3) is 0 Å². The van der Waals surface area contributed by atoms with Crippen molar-refractivity contribution in [1.82, 2.24) is 4.90 Å². The molecular formula is C27H34N6O2. The summed E-state index contributed by atoms with van der Waals surface area (Å²) in [5.74, 6) is 0.928. The van der Waals surface area contributed by atoms with Gasteiger partial charge in [-0.05, 0) is 81.0 Å². The quantitative estimate of drug-likeness (QED) is 0.479. The Bertz CT molecular complexity index is 1080. The summed E-state index contributed by atoms with van der Waals surface area (Å²) in [5.41, 5.74) is 7.25. The number of carboxylic acid groups (broad SMARTS) is 1. The van der Waals surface area contributed by atoms with Crippen LogP contribution >= 0.6 is 0 Å². The molecule has 8 heteroatoms.